The number of carbonyl (C=O) groups excluding carboxylic acids is 2. The van der Waals surface area contributed by atoms with Gasteiger partial charge in [-0.1, -0.05) is 30.3 Å². The van der Waals surface area contributed by atoms with Crippen LogP contribution in [-0.2, 0) is 9.59 Å². The first-order valence-electron chi connectivity index (χ1n) is 11.5. The maximum Gasteiger partial charge on any atom is 0.300 e. The molecule has 0 aliphatic carbocycles. The van der Waals surface area contributed by atoms with Gasteiger partial charge >= 0.3 is 0 Å². The quantitative estimate of drug-likeness (QED) is 0.290. The number of nitrogens with zero attached hydrogens (tertiary/aromatic N) is 1. The van der Waals surface area contributed by atoms with Crippen molar-refractivity contribution in [1.82, 2.24) is 0 Å². The highest BCUT2D eigenvalue weighted by atomic mass is 16.5. The number of amides is 1. The number of rotatable bonds is 6. The number of Topliss-reactive ketones (excluding diaryl/α,β-unsaturated/α-hetero) is 1. The van der Waals surface area contributed by atoms with E-state index in [0.717, 1.165) is 16.7 Å². The topological polar surface area (TPSA) is 85.3 Å². The van der Waals surface area contributed by atoms with Crippen LogP contribution in [0.1, 0.15) is 33.9 Å². The molecule has 1 unspecified atom stereocenters. The SMILES string of the molecule is COc1cc(C2/C(=C(\O)c3ccc(C)c(C)c3)C(=O)C(=O)N2c2ccccc2C)cc(OC)c1OC. The summed E-state index contributed by atoms with van der Waals surface area (Å²) in [5, 5.41) is 11.4. The molecule has 1 heterocycles. The minimum Gasteiger partial charge on any atom is -0.507 e. The summed E-state index contributed by atoms with van der Waals surface area (Å²) in [6.07, 6.45) is 0. The van der Waals surface area contributed by atoms with Gasteiger partial charge in [0, 0.05) is 11.3 Å². The summed E-state index contributed by atoms with van der Waals surface area (Å²) in [5.41, 5.74) is 4.35. The number of ether oxygens (including phenoxy) is 3. The molecule has 7 heteroatoms. The van der Waals surface area contributed by atoms with Crippen LogP contribution in [0.3, 0.4) is 0 Å². The molecule has 0 bridgehead atoms. The van der Waals surface area contributed by atoms with Crippen LogP contribution in [0, 0.1) is 20.8 Å². The van der Waals surface area contributed by atoms with Crippen LogP contribution < -0.4 is 19.1 Å². The van der Waals surface area contributed by atoms with Crippen LogP contribution in [-0.4, -0.2) is 38.1 Å². The van der Waals surface area contributed by atoms with E-state index in [0.29, 0.717) is 34.1 Å². The van der Waals surface area contributed by atoms with E-state index in [-0.39, 0.29) is 11.3 Å². The Kier molecular flexibility index (Phi) is 6.75. The maximum atomic E-state index is 13.5. The number of hydrogen-bond acceptors (Lipinski definition) is 6. The second-order valence-electron chi connectivity index (χ2n) is 8.71. The molecule has 0 aromatic heterocycles. The number of aliphatic hydroxyl groups is 1. The smallest absolute Gasteiger partial charge is 0.300 e. The van der Waals surface area contributed by atoms with Crippen molar-refractivity contribution in [2.75, 3.05) is 26.2 Å². The Bertz CT molecular complexity index is 1370. The van der Waals surface area contributed by atoms with E-state index in [4.69, 9.17) is 14.2 Å². The number of para-hydroxylation sites is 1. The Labute approximate surface area is 210 Å². The zero-order chi connectivity index (χ0) is 26.1. The third-order valence-electron chi connectivity index (χ3n) is 6.60. The van der Waals surface area contributed by atoms with E-state index in [1.807, 2.05) is 39.0 Å². The van der Waals surface area contributed by atoms with Crippen molar-refractivity contribution in [3.63, 3.8) is 0 Å². The van der Waals surface area contributed by atoms with Gasteiger partial charge in [-0.3, -0.25) is 14.5 Å². The molecule has 1 amide bonds. The fourth-order valence-electron chi connectivity index (χ4n) is 4.53. The monoisotopic (exact) mass is 487 g/mol. The molecule has 4 rings (SSSR count). The third-order valence-corrected chi connectivity index (χ3v) is 6.60. The first-order valence-corrected chi connectivity index (χ1v) is 11.5. The molecule has 0 radical (unpaired) electrons. The predicted octanol–water partition coefficient (Wildman–Crippen LogP) is 5.26. The molecule has 186 valence electrons. The van der Waals surface area contributed by atoms with Crippen LogP contribution in [0.2, 0.25) is 0 Å². The number of methoxy groups -OCH3 is 3. The summed E-state index contributed by atoms with van der Waals surface area (Å²) in [6, 6.07) is 15.2. The highest BCUT2D eigenvalue weighted by Gasteiger charge is 2.47. The van der Waals surface area contributed by atoms with Gasteiger partial charge in [-0.2, -0.15) is 0 Å². The number of ketones is 1. The summed E-state index contributed by atoms with van der Waals surface area (Å²) in [7, 11) is 4.49. The summed E-state index contributed by atoms with van der Waals surface area (Å²) < 4.78 is 16.5. The minimum atomic E-state index is -0.929. The van der Waals surface area contributed by atoms with Gasteiger partial charge < -0.3 is 19.3 Å². The molecular formula is C29H29NO6. The van der Waals surface area contributed by atoms with Crippen molar-refractivity contribution >= 4 is 23.1 Å². The van der Waals surface area contributed by atoms with Gasteiger partial charge in [0.05, 0.1) is 32.9 Å². The molecular weight excluding hydrogens is 458 g/mol. The number of aryl methyl sites for hydroxylation is 3. The van der Waals surface area contributed by atoms with Crippen molar-refractivity contribution in [2.24, 2.45) is 0 Å². The van der Waals surface area contributed by atoms with E-state index >= 15 is 0 Å². The molecule has 1 aliphatic heterocycles. The second-order valence-corrected chi connectivity index (χ2v) is 8.71. The lowest BCUT2D eigenvalue weighted by atomic mass is 9.93. The Balaban J connectivity index is 2.04. The summed E-state index contributed by atoms with van der Waals surface area (Å²) in [5.74, 6) is -0.625. The van der Waals surface area contributed by atoms with Crippen LogP contribution in [0.25, 0.3) is 5.76 Å². The second kappa shape index (κ2) is 9.77. The molecule has 1 atom stereocenters. The van der Waals surface area contributed by atoms with Crippen LogP contribution in [0.5, 0.6) is 17.2 Å². The van der Waals surface area contributed by atoms with E-state index in [1.165, 1.54) is 26.2 Å². The van der Waals surface area contributed by atoms with E-state index in [1.54, 1.807) is 36.4 Å². The van der Waals surface area contributed by atoms with Crippen molar-refractivity contribution < 1.29 is 28.9 Å². The van der Waals surface area contributed by atoms with Crippen molar-refractivity contribution in [2.45, 2.75) is 26.8 Å². The largest absolute Gasteiger partial charge is 0.507 e. The summed E-state index contributed by atoms with van der Waals surface area (Å²) in [4.78, 5) is 28.4. The van der Waals surface area contributed by atoms with Crippen molar-refractivity contribution in [3.8, 4) is 17.2 Å². The first-order chi connectivity index (χ1) is 17.2. The van der Waals surface area contributed by atoms with Crippen LogP contribution in [0.4, 0.5) is 5.69 Å². The summed E-state index contributed by atoms with van der Waals surface area (Å²) >= 11 is 0. The fraction of sp³-hybridized carbons (Fsp3) is 0.241. The third kappa shape index (κ3) is 4.06. The zero-order valence-corrected chi connectivity index (χ0v) is 21.2. The van der Waals surface area contributed by atoms with Gasteiger partial charge in [0.15, 0.2) is 11.5 Å². The first kappa shape index (κ1) is 24.9. The van der Waals surface area contributed by atoms with Gasteiger partial charge in [0.2, 0.25) is 5.75 Å². The maximum absolute atomic E-state index is 13.5. The minimum absolute atomic E-state index is 0.0132. The Morgan fingerprint density at radius 3 is 2.00 bits per heavy atom. The lowest BCUT2D eigenvalue weighted by Crippen LogP contribution is -2.30. The molecule has 1 saturated heterocycles. The van der Waals surface area contributed by atoms with E-state index in [9.17, 15) is 14.7 Å². The van der Waals surface area contributed by atoms with Gasteiger partial charge in [0.25, 0.3) is 11.7 Å². The van der Waals surface area contributed by atoms with E-state index in [2.05, 4.69) is 0 Å². The Morgan fingerprint density at radius 2 is 1.44 bits per heavy atom. The number of anilines is 1. The highest BCUT2D eigenvalue weighted by Crippen LogP contribution is 2.47. The Morgan fingerprint density at radius 1 is 0.806 bits per heavy atom. The van der Waals surface area contributed by atoms with Crippen LogP contribution in [0.15, 0.2) is 60.2 Å². The average Bonchev–Trinajstić information content (AvgIpc) is 3.14. The highest BCUT2D eigenvalue weighted by molar-refractivity contribution is 6.51. The molecule has 0 saturated carbocycles. The lowest BCUT2D eigenvalue weighted by molar-refractivity contribution is -0.132. The molecule has 3 aromatic carbocycles. The molecule has 3 aromatic rings. The number of hydrogen-bond donors (Lipinski definition) is 1. The predicted molar refractivity (Wildman–Crippen MR) is 138 cm³/mol. The van der Waals surface area contributed by atoms with Crippen molar-refractivity contribution in [1.29, 1.82) is 0 Å². The average molecular weight is 488 g/mol. The molecule has 36 heavy (non-hydrogen) atoms. The van der Waals surface area contributed by atoms with Crippen molar-refractivity contribution in [3.05, 3.63) is 88.0 Å². The molecule has 1 N–H and O–H groups in total. The number of aliphatic hydroxyl groups excluding tert-OH is 1. The zero-order valence-electron chi connectivity index (χ0n) is 21.2. The normalized spacial score (nSPS) is 16.8. The lowest BCUT2D eigenvalue weighted by Gasteiger charge is -2.27. The van der Waals surface area contributed by atoms with Gasteiger partial charge in [0.1, 0.15) is 5.76 Å². The molecule has 1 aliphatic rings. The fourth-order valence-corrected chi connectivity index (χ4v) is 4.53. The summed E-state index contributed by atoms with van der Waals surface area (Å²) in [6.45, 7) is 5.76. The van der Waals surface area contributed by atoms with Gasteiger partial charge in [-0.25, -0.2) is 0 Å². The Hall–Kier alpha value is -4.26. The van der Waals surface area contributed by atoms with Crippen LogP contribution >= 0.6 is 0 Å². The number of benzene rings is 3. The molecule has 0 spiro atoms. The van der Waals surface area contributed by atoms with Gasteiger partial charge in [-0.05, 0) is 67.3 Å². The van der Waals surface area contributed by atoms with E-state index < -0.39 is 17.7 Å². The standard InChI is InChI=1S/C29H29NO6/c1-16-11-12-19(13-18(16)3)26(31)24-25(20-14-22(34-4)28(36-6)23(15-20)35-5)30(29(33)27(24)32)21-10-8-7-9-17(21)2/h7-15,25,31H,1-6H3/b26-24+. The van der Waals surface area contributed by atoms with Gasteiger partial charge in [-0.15, -0.1) is 0 Å². The number of carbonyl (C=O) groups is 2. The molecule has 7 nitrogen and oxygen atoms in total. The molecule has 1 fully saturated rings.